The van der Waals surface area contributed by atoms with Gasteiger partial charge in [0.05, 0.1) is 24.9 Å². The Morgan fingerprint density at radius 3 is 2.64 bits per heavy atom. The molecule has 22 heavy (non-hydrogen) atoms. The highest BCUT2D eigenvalue weighted by Gasteiger charge is 2.24. The molecule has 108 valence electrons. The lowest BCUT2D eigenvalue weighted by Crippen LogP contribution is -2.05. The summed E-state index contributed by atoms with van der Waals surface area (Å²) >= 11 is 0. The summed E-state index contributed by atoms with van der Waals surface area (Å²) in [7, 11) is 0. The van der Waals surface area contributed by atoms with Crippen molar-refractivity contribution in [3.05, 3.63) is 71.4 Å². The Labute approximate surface area is 130 Å². The van der Waals surface area contributed by atoms with Gasteiger partial charge in [-0.15, -0.1) is 0 Å². The van der Waals surface area contributed by atoms with Crippen LogP contribution in [0, 0.1) is 18.8 Å². The van der Waals surface area contributed by atoms with Crippen LogP contribution >= 0.6 is 0 Å². The van der Waals surface area contributed by atoms with Crippen LogP contribution in [0.4, 0.5) is 0 Å². The second-order valence-electron chi connectivity index (χ2n) is 5.77. The van der Waals surface area contributed by atoms with Crippen LogP contribution in [0.5, 0.6) is 0 Å². The van der Waals surface area contributed by atoms with Gasteiger partial charge in [0.1, 0.15) is 0 Å². The lowest BCUT2D eigenvalue weighted by Gasteiger charge is -2.04. The minimum absolute atomic E-state index is 0.343. The zero-order chi connectivity index (χ0) is 14.9. The number of aromatic nitrogens is 1. The summed E-state index contributed by atoms with van der Waals surface area (Å²) in [6.45, 7) is 3.83. The summed E-state index contributed by atoms with van der Waals surface area (Å²) in [5.41, 5.74) is 4.58. The van der Waals surface area contributed by atoms with E-state index in [9.17, 15) is 0 Å². The number of rotatable bonds is 2. The molecule has 1 saturated heterocycles. The number of nitrogens with zero attached hydrogens (tertiary/aromatic N) is 1. The van der Waals surface area contributed by atoms with E-state index in [-0.39, 0.29) is 0 Å². The average Bonchev–Trinajstić information content (AvgIpc) is 3.29. The maximum absolute atomic E-state index is 5.39. The van der Waals surface area contributed by atoms with Crippen LogP contribution in [0.25, 0.3) is 10.9 Å². The summed E-state index contributed by atoms with van der Waals surface area (Å²) in [5.74, 6) is 6.60. The molecule has 0 spiro atoms. The molecule has 0 radical (unpaired) electrons. The van der Waals surface area contributed by atoms with Crippen molar-refractivity contribution in [3.8, 4) is 11.8 Å². The van der Waals surface area contributed by atoms with E-state index in [1.165, 1.54) is 16.5 Å². The number of hydrogen-bond donors (Lipinski definition) is 0. The van der Waals surface area contributed by atoms with Crippen LogP contribution in [0.1, 0.15) is 16.8 Å². The largest absolute Gasteiger partial charge is 0.371 e. The molecular weight excluding hydrogens is 270 g/mol. The third-order valence-electron chi connectivity index (χ3n) is 3.99. The summed E-state index contributed by atoms with van der Waals surface area (Å²) in [6.07, 6.45) is 0.343. The number of aryl methyl sites for hydroxylation is 1. The second kappa shape index (κ2) is 5.36. The molecule has 1 fully saturated rings. The van der Waals surface area contributed by atoms with Crippen molar-refractivity contribution < 1.29 is 4.74 Å². The Balaban J connectivity index is 1.75. The fourth-order valence-corrected chi connectivity index (χ4v) is 2.66. The fraction of sp³-hybridized carbons (Fsp3) is 0.200. The molecule has 2 heteroatoms. The normalized spacial score (nSPS) is 16.3. The third kappa shape index (κ3) is 2.64. The monoisotopic (exact) mass is 287 g/mol. The van der Waals surface area contributed by atoms with Gasteiger partial charge in [-0.1, -0.05) is 41.8 Å². The molecule has 0 N–H and O–H groups in total. The first-order valence-electron chi connectivity index (χ1n) is 7.58. The molecule has 3 aromatic rings. The van der Waals surface area contributed by atoms with Crippen LogP contribution in [0.2, 0.25) is 0 Å². The highest BCUT2D eigenvalue weighted by molar-refractivity contribution is 5.82. The van der Waals surface area contributed by atoms with Crippen molar-refractivity contribution in [1.29, 1.82) is 0 Å². The van der Waals surface area contributed by atoms with Gasteiger partial charge in [-0.25, -0.2) is 0 Å². The van der Waals surface area contributed by atoms with Crippen molar-refractivity contribution >= 4 is 10.9 Å². The van der Waals surface area contributed by atoms with Crippen molar-refractivity contribution in [3.63, 3.8) is 0 Å². The van der Waals surface area contributed by atoms with E-state index in [4.69, 9.17) is 4.74 Å². The number of hydrogen-bond acceptors (Lipinski definition) is 1. The predicted molar refractivity (Wildman–Crippen MR) is 88.8 cm³/mol. The van der Waals surface area contributed by atoms with E-state index >= 15 is 0 Å². The van der Waals surface area contributed by atoms with Crippen molar-refractivity contribution in [2.24, 2.45) is 0 Å². The standard InChI is InChI=1S/C20H17NO/c1-15-6-8-16(9-7-15)10-11-18-12-17-4-2-3-5-20(17)21(18)13-19-14-22-19/h2-9,12,19H,13-14H2,1H3. The maximum atomic E-state index is 5.39. The zero-order valence-electron chi connectivity index (χ0n) is 12.5. The summed E-state index contributed by atoms with van der Waals surface area (Å²) in [4.78, 5) is 0. The van der Waals surface area contributed by atoms with Crippen LogP contribution in [0.15, 0.2) is 54.6 Å². The van der Waals surface area contributed by atoms with Crippen molar-refractivity contribution in [2.45, 2.75) is 19.6 Å². The topological polar surface area (TPSA) is 17.5 Å². The summed E-state index contributed by atoms with van der Waals surface area (Å²) in [6, 6.07) is 18.9. The van der Waals surface area contributed by atoms with Gasteiger partial charge >= 0.3 is 0 Å². The molecule has 2 aromatic carbocycles. The SMILES string of the molecule is Cc1ccc(C#Cc2cc3ccccc3n2CC2CO2)cc1. The molecule has 0 amide bonds. The third-order valence-corrected chi connectivity index (χ3v) is 3.99. The number of benzene rings is 2. The quantitative estimate of drug-likeness (QED) is 0.518. The highest BCUT2D eigenvalue weighted by Crippen LogP contribution is 2.22. The van der Waals surface area contributed by atoms with Gasteiger partial charge < -0.3 is 9.30 Å². The Hall–Kier alpha value is -2.50. The van der Waals surface area contributed by atoms with Gasteiger partial charge in [0.25, 0.3) is 0 Å². The van der Waals surface area contributed by atoms with Gasteiger partial charge in [0.15, 0.2) is 0 Å². The minimum Gasteiger partial charge on any atom is -0.371 e. The van der Waals surface area contributed by atoms with Gasteiger partial charge in [-0.2, -0.15) is 0 Å². The van der Waals surface area contributed by atoms with E-state index in [1.54, 1.807) is 0 Å². The number of fused-ring (bicyclic) bond motifs is 1. The molecule has 2 nitrogen and oxygen atoms in total. The lowest BCUT2D eigenvalue weighted by atomic mass is 10.1. The lowest BCUT2D eigenvalue weighted by molar-refractivity contribution is 0.385. The first kappa shape index (κ1) is 13.2. The molecule has 1 unspecified atom stereocenters. The van der Waals surface area contributed by atoms with Crippen molar-refractivity contribution in [1.82, 2.24) is 4.57 Å². The molecule has 2 heterocycles. The Morgan fingerprint density at radius 2 is 1.86 bits per heavy atom. The van der Waals surface area contributed by atoms with E-state index in [2.05, 4.69) is 77.9 Å². The summed E-state index contributed by atoms with van der Waals surface area (Å²) < 4.78 is 7.66. The van der Waals surface area contributed by atoms with Crippen LogP contribution < -0.4 is 0 Å². The molecule has 1 aliphatic heterocycles. The Morgan fingerprint density at radius 1 is 1.09 bits per heavy atom. The molecule has 0 saturated carbocycles. The number of epoxide rings is 1. The summed E-state index contributed by atoms with van der Waals surface area (Å²) in [5, 5.41) is 1.23. The number of ether oxygens (including phenoxy) is 1. The minimum atomic E-state index is 0.343. The fourth-order valence-electron chi connectivity index (χ4n) is 2.66. The second-order valence-corrected chi connectivity index (χ2v) is 5.77. The van der Waals surface area contributed by atoms with Gasteiger partial charge in [0.2, 0.25) is 0 Å². The van der Waals surface area contributed by atoms with Crippen LogP contribution in [0.3, 0.4) is 0 Å². The number of para-hydroxylation sites is 1. The van der Waals surface area contributed by atoms with Gasteiger partial charge in [-0.05, 0) is 37.1 Å². The first-order chi connectivity index (χ1) is 10.8. The Bertz CT molecular complexity index is 873. The van der Waals surface area contributed by atoms with E-state index in [1.807, 2.05) is 0 Å². The van der Waals surface area contributed by atoms with E-state index in [0.717, 1.165) is 24.4 Å². The first-order valence-corrected chi connectivity index (χ1v) is 7.58. The smallest absolute Gasteiger partial charge is 0.0988 e. The van der Waals surface area contributed by atoms with Crippen molar-refractivity contribution in [2.75, 3.05) is 6.61 Å². The van der Waals surface area contributed by atoms with Gasteiger partial charge in [-0.3, -0.25) is 0 Å². The average molecular weight is 287 g/mol. The molecule has 4 rings (SSSR count). The molecule has 1 aliphatic rings. The predicted octanol–water partition coefficient (Wildman–Crippen LogP) is 3.75. The van der Waals surface area contributed by atoms with Gasteiger partial charge in [0, 0.05) is 16.5 Å². The van der Waals surface area contributed by atoms with E-state index < -0.39 is 0 Å². The molecule has 0 aliphatic carbocycles. The highest BCUT2D eigenvalue weighted by atomic mass is 16.6. The van der Waals surface area contributed by atoms with Crippen LogP contribution in [-0.4, -0.2) is 17.3 Å². The zero-order valence-corrected chi connectivity index (χ0v) is 12.5. The molecule has 0 bridgehead atoms. The maximum Gasteiger partial charge on any atom is 0.0988 e. The van der Waals surface area contributed by atoms with Crippen LogP contribution in [-0.2, 0) is 11.3 Å². The molecule has 1 aromatic heterocycles. The molecular formula is C20H17NO. The molecule has 1 atom stereocenters. The van der Waals surface area contributed by atoms with E-state index in [0.29, 0.717) is 6.10 Å². The Kier molecular flexibility index (Phi) is 3.21.